The van der Waals surface area contributed by atoms with E-state index in [1.54, 1.807) is 12.1 Å². The zero-order chi connectivity index (χ0) is 20.2. The average molecular weight is 376 g/mol. The maximum absolute atomic E-state index is 9.60. The first-order chi connectivity index (χ1) is 13.8. The van der Waals surface area contributed by atoms with Crippen LogP contribution < -0.4 is 10.1 Å². The van der Waals surface area contributed by atoms with E-state index in [9.17, 15) is 5.11 Å². The summed E-state index contributed by atoms with van der Waals surface area (Å²) in [6, 6.07) is 25.6. The number of rotatable bonds is 7. The Hall–Kier alpha value is -3.04. The van der Waals surface area contributed by atoms with Crippen molar-refractivity contribution < 1.29 is 9.84 Å². The Balaban J connectivity index is 0.00000136. The Labute approximate surface area is 168 Å². The van der Waals surface area contributed by atoms with Gasteiger partial charge in [0.2, 0.25) is 0 Å². The van der Waals surface area contributed by atoms with Gasteiger partial charge in [0.25, 0.3) is 0 Å². The number of phenols is 1. The Morgan fingerprint density at radius 3 is 2.00 bits per heavy atom. The van der Waals surface area contributed by atoms with Crippen molar-refractivity contribution in [3.05, 3.63) is 95.6 Å². The van der Waals surface area contributed by atoms with Gasteiger partial charge in [0.15, 0.2) is 0 Å². The van der Waals surface area contributed by atoms with Crippen LogP contribution in [0.4, 0.5) is 0 Å². The third kappa shape index (κ3) is 6.29. The van der Waals surface area contributed by atoms with Gasteiger partial charge in [0, 0.05) is 6.54 Å². The van der Waals surface area contributed by atoms with Crippen molar-refractivity contribution in [2.45, 2.75) is 13.8 Å². The molecule has 2 N–H and O–H groups in total. The van der Waals surface area contributed by atoms with E-state index < -0.39 is 0 Å². The first-order valence-corrected chi connectivity index (χ1v) is 9.70. The molecule has 0 radical (unpaired) electrons. The second kappa shape index (κ2) is 11.6. The molecule has 3 heteroatoms. The minimum absolute atomic E-state index is 0.265. The number of nitrogens with one attached hydrogen (secondary N) is 1. The van der Waals surface area contributed by atoms with Crippen LogP contribution in [0, 0.1) is 0 Å². The van der Waals surface area contributed by atoms with Gasteiger partial charge in [-0.2, -0.15) is 0 Å². The number of phenolic OH excluding ortho intramolecular Hbond substituents is 1. The molecule has 0 bridgehead atoms. The standard InChI is InChI=1S/C23H23NO2.C2H6/c1-24-15-16-26-22-13-9-20(10-14-22)23(17-18-5-3-2-4-6-18)19-7-11-21(25)12-8-19;1-2/h2-14,17,24-25H,15-16H2,1H3;1-2H3/b23-17-;. The molecule has 28 heavy (non-hydrogen) atoms. The fourth-order valence-corrected chi connectivity index (χ4v) is 2.69. The van der Waals surface area contributed by atoms with E-state index in [1.165, 1.54) is 0 Å². The van der Waals surface area contributed by atoms with Gasteiger partial charge in [-0.15, -0.1) is 0 Å². The van der Waals surface area contributed by atoms with Gasteiger partial charge in [-0.3, -0.25) is 0 Å². The van der Waals surface area contributed by atoms with Crippen LogP contribution in [0.5, 0.6) is 11.5 Å². The van der Waals surface area contributed by atoms with Gasteiger partial charge in [-0.05, 0) is 59.7 Å². The molecule has 0 aromatic heterocycles. The van der Waals surface area contributed by atoms with Crippen molar-refractivity contribution in [2.75, 3.05) is 20.2 Å². The Morgan fingerprint density at radius 2 is 1.43 bits per heavy atom. The summed E-state index contributed by atoms with van der Waals surface area (Å²) in [5.41, 5.74) is 4.37. The molecule has 0 spiro atoms. The van der Waals surface area contributed by atoms with E-state index in [4.69, 9.17) is 4.74 Å². The molecule has 0 fully saturated rings. The summed E-state index contributed by atoms with van der Waals surface area (Å²) in [6.45, 7) is 5.45. The van der Waals surface area contributed by atoms with Crippen molar-refractivity contribution in [1.82, 2.24) is 5.32 Å². The first kappa shape index (κ1) is 21.3. The lowest BCUT2D eigenvalue weighted by Crippen LogP contribution is -2.15. The molecule has 0 amide bonds. The van der Waals surface area contributed by atoms with Crippen LogP contribution in [-0.2, 0) is 0 Å². The molecular weight excluding hydrogens is 346 g/mol. The lowest BCUT2D eigenvalue weighted by Gasteiger charge is -2.11. The SMILES string of the molecule is CC.CNCCOc1ccc(/C(=C\c2ccccc2)c2ccc(O)cc2)cc1. The normalized spacial score (nSPS) is 10.8. The van der Waals surface area contributed by atoms with Crippen molar-refractivity contribution in [3.63, 3.8) is 0 Å². The zero-order valence-corrected chi connectivity index (χ0v) is 16.9. The fraction of sp³-hybridized carbons (Fsp3) is 0.200. The van der Waals surface area contributed by atoms with Crippen LogP contribution in [0.15, 0.2) is 78.9 Å². The zero-order valence-electron chi connectivity index (χ0n) is 16.9. The second-order valence-corrected chi connectivity index (χ2v) is 5.99. The number of hydrogen-bond acceptors (Lipinski definition) is 3. The van der Waals surface area contributed by atoms with Gasteiger partial charge >= 0.3 is 0 Å². The van der Waals surface area contributed by atoms with Crippen molar-refractivity contribution in [2.24, 2.45) is 0 Å². The third-order valence-corrected chi connectivity index (χ3v) is 4.07. The average Bonchev–Trinajstić information content (AvgIpc) is 2.76. The molecule has 3 nitrogen and oxygen atoms in total. The molecule has 0 saturated heterocycles. The molecule has 0 aliphatic heterocycles. The highest BCUT2D eigenvalue weighted by Gasteiger charge is 2.07. The van der Waals surface area contributed by atoms with E-state index in [0.29, 0.717) is 6.61 Å². The molecule has 3 rings (SSSR count). The number of ether oxygens (including phenoxy) is 1. The monoisotopic (exact) mass is 375 g/mol. The molecule has 0 aliphatic carbocycles. The molecule has 0 atom stereocenters. The van der Waals surface area contributed by atoms with Gasteiger partial charge in [0.05, 0.1) is 0 Å². The van der Waals surface area contributed by atoms with Gasteiger partial charge in [-0.1, -0.05) is 68.4 Å². The summed E-state index contributed by atoms with van der Waals surface area (Å²) >= 11 is 0. The fourth-order valence-electron chi connectivity index (χ4n) is 2.69. The minimum Gasteiger partial charge on any atom is -0.508 e. The van der Waals surface area contributed by atoms with Gasteiger partial charge in [-0.25, -0.2) is 0 Å². The summed E-state index contributed by atoms with van der Waals surface area (Å²) in [6.07, 6.45) is 2.16. The molecule has 146 valence electrons. The summed E-state index contributed by atoms with van der Waals surface area (Å²) in [5, 5.41) is 12.7. The number of aromatic hydroxyl groups is 1. The quantitative estimate of drug-likeness (QED) is 0.417. The maximum Gasteiger partial charge on any atom is 0.119 e. The molecular formula is C25H29NO2. The van der Waals surface area contributed by atoms with Gasteiger partial charge in [0.1, 0.15) is 18.1 Å². The van der Waals surface area contributed by atoms with E-state index in [1.807, 2.05) is 63.4 Å². The lowest BCUT2D eigenvalue weighted by atomic mass is 9.95. The van der Waals surface area contributed by atoms with Crippen LogP contribution in [0.3, 0.4) is 0 Å². The van der Waals surface area contributed by atoms with Crippen LogP contribution in [-0.4, -0.2) is 25.3 Å². The number of hydrogen-bond donors (Lipinski definition) is 2. The largest absolute Gasteiger partial charge is 0.508 e. The van der Waals surface area contributed by atoms with E-state index in [0.717, 1.165) is 34.6 Å². The van der Waals surface area contributed by atoms with Crippen molar-refractivity contribution in [1.29, 1.82) is 0 Å². The van der Waals surface area contributed by atoms with Crippen molar-refractivity contribution >= 4 is 11.6 Å². The Morgan fingerprint density at radius 1 is 0.857 bits per heavy atom. The van der Waals surface area contributed by atoms with E-state index in [-0.39, 0.29) is 5.75 Å². The summed E-state index contributed by atoms with van der Waals surface area (Å²) in [5.74, 6) is 1.12. The summed E-state index contributed by atoms with van der Waals surface area (Å²) in [4.78, 5) is 0. The molecule has 3 aromatic rings. The molecule has 0 saturated carbocycles. The Kier molecular flexibility index (Phi) is 8.83. The molecule has 0 aliphatic rings. The van der Waals surface area contributed by atoms with Crippen LogP contribution in [0.1, 0.15) is 30.5 Å². The highest BCUT2D eigenvalue weighted by Crippen LogP contribution is 2.28. The number of benzene rings is 3. The highest BCUT2D eigenvalue weighted by atomic mass is 16.5. The topological polar surface area (TPSA) is 41.5 Å². The van der Waals surface area contributed by atoms with Crippen molar-refractivity contribution in [3.8, 4) is 11.5 Å². The Bertz CT molecular complexity index is 838. The maximum atomic E-state index is 9.60. The summed E-state index contributed by atoms with van der Waals surface area (Å²) < 4.78 is 5.71. The predicted octanol–water partition coefficient (Wildman–Crippen LogP) is 5.61. The third-order valence-electron chi connectivity index (χ3n) is 4.07. The smallest absolute Gasteiger partial charge is 0.119 e. The first-order valence-electron chi connectivity index (χ1n) is 9.70. The second-order valence-electron chi connectivity index (χ2n) is 5.99. The lowest BCUT2D eigenvalue weighted by molar-refractivity contribution is 0.318. The van der Waals surface area contributed by atoms with Crippen LogP contribution in [0.2, 0.25) is 0 Å². The minimum atomic E-state index is 0.265. The summed E-state index contributed by atoms with van der Waals surface area (Å²) in [7, 11) is 1.91. The van der Waals surface area contributed by atoms with Crippen LogP contribution >= 0.6 is 0 Å². The van der Waals surface area contributed by atoms with E-state index >= 15 is 0 Å². The number of likely N-dealkylation sites (N-methyl/N-ethyl adjacent to an activating group) is 1. The highest BCUT2D eigenvalue weighted by molar-refractivity contribution is 5.91. The van der Waals surface area contributed by atoms with E-state index in [2.05, 4.69) is 35.7 Å². The predicted molar refractivity (Wildman–Crippen MR) is 119 cm³/mol. The molecule has 0 heterocycles. The molecule has 0 unspecified atom stereocenters. The molecule has 3 aromatic carbocycles. The van der Waals surface area contributed by atoms with Gasteiger partial charge < -0.3 is 15.2 Å². The van der Waals surface area contributed by atoms with Crippen LogP contribution in [0.25, 0.3) is 11.6 Å².